The van der Waals surface area contributed by atoms with Gasteiger partial charge in [-0.2, -0.15) is 0 Å². The number of rotatable bonds is 10. The zero-order valence-electron chi connectivity index (χ0n) is 37.1. The summed E-state index contributed by atoms with van der Waals surface area (Å²) in [6.07, 6.45) is 4.59. The number of amides is 4. The first-order valence-corrected chi connectivity index (χ1v) is 23.0. The highest BCUT2D eigenvalue weighted by Gasteiger charge is 2.42. The lowest BCUT2D eigenvalue weighted by atomic mass is 9.90. The van der Waals surface area contributed by atoms with Crippen molar-refractivity contribution in [2.75, 3.05) is 53.7 Å². The van der Waals surface area contributed by atoms with Crippen LogP contribution in [0.3, 0.4) is 0 Å². The molecule has 4 N–H and O–H groups in total. The summed E-state index contributed by atoms with van der Waals surface area (Å²) in [4.78, 5) is 83.1. The van der Waals surface area contributed by atoms with Crippen molar-refractivity contribution in [2.45, 2.75) is 75.5 Å². The monoisotopic (exact) mass is 898 g/mol. The van der Waals surface area contributed by atoms with Crippen molar-refractivity contribution in [3.8, 4) is 22.5 Å². The number of pyridine rings is 2. The van der Waals surface area contributed by atoms with E-state index in [2.05, 4.69) is 57.0 Å². The van der Waals surface area contributed by atoms with E-state index in [0.717, 1.165) is 70.0 Å². The molecule has 8 heterocycles. The average Bonchev–Trinajstić information content (AvgIpc) is 4.20. The number of aromatic amines is 2. The molecule has 18 heteroatoms. The molecule has 4 unspecified atom stereocenters. The van der Waals surface area contributed by atoms with Crippen molar-refractivity contribution in [1.29, 1.82) is 0 Å². The zero-order valence-corrected chi connectivity index (χ0v) is 37.1. The Hall–Kier alpha value is -6.66. The first-order valence-electron chi connectivity index (χ1n) is 23.0. The number of alkyl carbamates (subject to hydrolysis) is 2. The van der Waals surface area contributed by atoms with Crippen molar-refractivity contribution >= 4 is 57.1 Å². The number of ether oxygens (including phenoxy) is 4. The number of fused-ring (bicyclic) bond motifs is 3. The maximum Gasteiger partial charge on any atom is 0.407 e. The van der Waals surface area contributed by atoms with E-state index in [0.29, 0.717) is 88.1 Å². The molecule has 0 radical (unpaired) electrons. The van der Waals surface area contributed by atoms with Crippen LogP contribution in [0.15, 0.2) is 60.7 Å². The van der Waals surface area contributed by atoms with Crippen LogP contribution in [0.2, 0.25) is 0 Å². The van der Waals surface area contributed by atoms with E-state index in [-0.39, 0.29) is 35.7 Å². The van der Waals surface area contributed by atoms with Gasteiger partial charge in [-0.3, -0.25) is 9.59 Å². The molecule has 0 bridgehead atoms. The summed E-state index contributed by atoms with van der Waals surface area (Å²) in [5.74, 6) is 0.981. The van der Waals surface area contributed by atoms with Crippen molar-refractivity contribution in [1.82, 2.24) is 50.3 Å². The number of benzene rings is 2. The second-order valence-electron chi connectivity index (χ2n) is 17.7. The highest BCUT2D eigenvalue weighted by Crippen LogP contribution is 2.36. The molecule has 4 aromatic heterocycles. The van der Waals surface area contributed by atoms with Crippen LogP contribution in [0.25, 0.3) is 55.6 Å². The highest BCUT2D eigenvalue weighted by molar-refractivity contribution is 5.92. The molecule has 4 atom stereocenters. The normalized spacial score (nSPS) is 20.5. The molecular formula is C48H54N10O8. The molecule has 344 valence electrons. The number of nitrogens with zero attached hydrogens (tertiary/aromatic N) is 6. The van der Waals surface area contributed by atoms with E-state index < -0.39 is 24.3 Å². The fraction of sp³-hybridized carbons (Fsp3) is 0.458. The Kier molecular flexibility index (Phi) is 12.2. The first-order chi connectivity index (χ1) is 32.2. The largest absolute Gasteiger partial charge is 0.453 e. The summed E-state index contributed by atoms with van der Waals surface area (Å²) < 4.78 is 20.8. The minimum Gasteiger partial charge on any atom is -0.453 e. The number of nitrogens with one attached hydrogen (secondary N) is 4. The van der Waals surface area contributed by atoms with Gasteiger partial charge >= 0.3 is 12.2 Å². The SMILES string of the molecule is COC(=O)NC(C(=O)N1CCCC1c1nc2nc(-c3ccc4cc(-c5ccc6[nH]c(C7CCCN7C(=O)C(NC(=O)OC)C7CCOCC7)nc6n5)ccc4c3)ccc2[nH]1)C1CCOCC1. The van der Waals surface area contributed by atoms with E-state index in [4.69, 9.17) is 38.9 Å². The van der Waals surface area contributed by atoms with Gasteiger partial charge in [0.15, 0.2) is 11.3 Å². The third-order valence-corrected chi connectivity index (χ3v) is 13.8. The standard InChI is InChI=1S/C48H54N10O8/c1-63-47(61)53-39(27-15-21-65-22-16-27)45(59)57-19-3-5-37(57)43-51-35-13-11-33(49-41(35)55-43)31-9-7-30-26-32(10-8-29(30)25-31)34-12-14-36-42(50-34)56-44(52-36)38-6-4-20-58(38)46(60)40(54-48(62)64-2)28-17-23-66-24-18-28/h7-14,25-28,37-40H,3-6,15-24H2,1-2H3,(H,53,61)(H,54,62)(H,49,51,55)(H,50,52,56). The molecule has 4 fully saturated rings. The second kappa shape index (κ2) is 18.7. The van der Waals surface area contributed by atoms with E-state index in [9.17, 15) is 19.2 Å². The van der Waals surface area contributed by atoms with Crippen molar-refractivity contribution < 1.29 is 38.1 Å². The maximum atomic E-state index is 14.1. The van der Waals surface area contributed by atoms with Crippen LogP contribution in [0.1, 0.15) is 75.1 Å². The number of aromatic nitrogens is 6. The minimum absolute atomic E-state index is 0.0479. The molecule has 66 heavy (non-hydrogen) atoms. The van der Waals surface area contributed by atoms with Gasteiger partial charge in [0.25, 0.3) is 0 Å². The number of methoxy groups -OCH3 is 2. The van der Waals surface area contributed by atoms with Gasteiger partial charge in [-0.15, -0.1) is 0 Å². The number of carbonyl (C=O) groups excluding carboxylic acids is 4. The predicted molar refractivity (Wildman–Crippen MR) is 243 cm³/mol. The number of likely N-dealkylation sites (tertiary alicyclic amines) is 2. The van der Waals surface area contributed by atoms with Gasteiger partial charge in [-0.25, -0.2) is 29.5 Å². The predicted octanol–water partition coefficient (Wildman–Crippen LogP) is 6.35. The maximum absolute atomic E-state index is 14.1. The average molecular weight is 899 g/mol. The van der Waals surface area contributed by atoms with E-state index >= 15 is 0 Å². The summed E-state index contributed by atoms with van der Waals surface area (Å²) in [6.45, 7) is 3.32. The van der Waals surface area contributed by atoms with Gasteiger partial charge in [0.2, 0.25) is 11.8 Å². The molecule has 0 saturated carbocycles. The smallest absolute Gasteiger partial charge is 0.407 e. The Morgan fingerprint density at radius 2 is 1.02 bits per heavy atom. The van der Waals surface area contributed by atoms with Crippen LogP contribution < -0.4 is 10.6 Å². The van der Waals surface area contributed by atoms with Gasteiger partial charge in [-0.05, 0) is 110 Å². The Bertz CT molecular complexity index is 2590. The number of hydrogen-bond donors (Lipinski definition) is 4. The van der Waals surface area contributed by atoms with Gasteiger partial charge in [0.1, 0.15) is 23.7 Å². The molecule has 4 aliphatic heterocycles. The number of hydrogen-bond acceptors (Lipinski definition) is 12. The Labute approximate surface area is 380 Å². The van der Waals surface area contributed by atoms with Crippen LogP contribution in [0, 0.1) is 11.8 Å². The van der Waals surface area contributed by atoms with Crippen molar-refractivity contribution in [2.24, 2.45) is 11.8 Å². The fourth-order valence-electron chi connectivity index (χ4n) is 10.2. The Morgan fingerprint density at radius 3 is 1.42 bits per heavy atom. The second-order valence-corrected chi connectivity index (χ2v) is 17.7. The van der Waals surface area contributed by atoms with E-state index in [1.165, 1.54) is 14.2 Å². The lowest BCUT2D eigenvalue weighted by Crippen LogP contribution is -2.53. The summed E-state index contributed by atoms with van der Waals surface area (Å²) in [5.41, 5.74) is 6.12. The molecule has 2 aromatic carbocycles. The molecule has 4 amide bonds. The topological polar surface area (TPSA) is 219 Å². The van der Waals surface area contributed by atoms with Gasteiger partial charge in [-0.1, -0.05) is 24.3 Å². The first kappa shape index (κ1) is 43.2. The molecule has 18 nitrogen and oxygen atoms in total. The minimum atomic E-state index is -0.709. The molecule has 6 aromatic rings. The third-order valence-electron chi connectivity index (χ3n) is 13.8. The lowest BCUT2D eigenvalue weighted by molar-refractivity contribution is -0.137. The molecule has 10 rings (SSSR count). The quantitative estimate of drug-likeness (QED) is 0.118. The van der Waals surface area contributed by atoms with Crippen LogP contribution >= 0.6 is 0 Å². The van der Waals surface area contributed by atoms with Crippen LogP contribution in [-0.4, -0.2) is 130 Å². The number of carbonyl (C=O) groups is 4. The Balaban J connectivity index is 0.848. The molecule has 4 aliphatic rings. The van der Waals surface area contributed by atoms with Gasteiger partial charge in [0.05, 0.1) is 48.7 Å². The summed E-state index contributed by atoms with van der Waals surface area (Å²) in [5, 5.41) is 7.71. The Morgan fingerprint density at radius 1 is 0.591 bits per heavy atom. The van der Waals surface area contributed by atoms with Crippen LogP contribution in [-0.2, 0) is 28.5 Å². The molecule has 0 aliphatic carbocycles. The summed E-state index contributed by atoms with van der Waals surface area (Å²) in [6, 6.07) is 18.4. The zero-order chi connectivity index (χ0) is 45.3. The van der Waals surface area contributed by atoms with Crippen molar-refractivity contribution in [3.63, 3.8) is 0 Å². The van der Waals surface area contributed by atoms with Crippen LogP contribution in [0.4, 0.5) is 9.59 Å². The van der Waals surface area contributed by atoms with Crippen LogP contribution in [0.5, 0.6) is 0 Å². The number of H-pyrrole nitrogens is 2. The third kappa shape index (κ3) is 8.62. The lowest BCUT2D eigenvalue weighted by Gasteiger charge is -2.34. The molecule has 0 spiro atoms. The fourth-order valence-corrected chi connectivity index (χ4v) is 10.2. The van der Waals surface area contributed by atoms with Crippen molar-refractivity contribution in [3.05, 3.63) is 72.3 Å². The molecular weight excluding hydrogens is 845 g/mol. The van der Waals surface area contributed by atoms with E-state index in [1.54, 1.807) is 0 Å². The van der Waals surface area contributed by atoms with E-state index in [1.807, 2.05) is 34.1 Å². The van der Waals surface area contributed by atoms with Gasteiger partial charge in [0, 0.05) is 50.6 Å². The summed E-state index contributed by atoms with van der Waals surface area (Å²) >= 11 is 0. The van der Waals surface area contributed by atoms with Gasteiger partial charge < -0.3 is 49.3 Å². The molecule has 4 saturated heterocycles. The summed E-state index contributed by atoms with van der Waals surface area (Å²) in [7, 11) is 2.61. The highest BCUT2D eigenvalue weighted by atomic mass is 16.5. The number of imidazole rings is 2.